The number of nitrogens with one attached hydrogen (secondary N) is 1. The Kier molecular flexibility index (Phi) is 5.26. The molecule has 0 saturated heterocycles. The molecule has 4 nitrogen and oxygen atoms in total. The molecule has 0 spiro atoms. The van der Waals surface area contributed by atoms with Crippen LogP contribution in [0.15, 0.2) is 71.2 Å². The molecular formula is C19H13BrClNO3. The highest BCUT2D eigenvalue weighted by molar-refractivity contribution is 9.10. The van der Waals surface area contributed by atoms with E-state index in [9.17, 15) is 9.90 Å². The molecule has 2 N–H and O–H groups in total. The monoisotopic (exact) mass is 417 g/mol. The van der Waals surface area contributed by atoms with Gasteiger partial charge in [-0.3, -0.25) is 4.79 Å². The molecule has 3 aromatic carbocycles. The molecule has 0 unspecified atom stereocenters. The van der Waals surface area contributed by atoms with Gasteiger partial charge in [0.2, 0.25) is 0 Å². The third kappa shape index (κ3) is 4.32. The zero-order valence-electron chi connectivity index (χ0n) is 12.9. The molecule has 0 aliphatic carbocycles. The Balaban J connectivity index is 1.72. The van der Waals surface area contributed by atoms with Crippen molar-refractivity contribution < 1.29 is 14.6 Å². The van der Waals surface area contributed by atoms with Crippen LogP contribution in [0.1, 0.15) is 10.4 Å². The second-order valence-corrected chi connectivity index (χ2v) is 6.50. The number of hydrogen-bond donors (Lipinski definition) is 2. The van der Waals surface area contributed by atoms with Crippen molar-refractivity contribution in [1.29, 1.82) is 0 Å². The van der Waals surface area contributed by atoms with Crippen LogP contribution in [0.2, 0.25) is 5.02 Å². The van der Waals surface area contributed by atoms with Crippen molar-refractivity contribution in [3.8, 4) is 17.2 Å². The number of hydrogen-bond acceptors (Lipinski definition) is 3. The molecule has 3 aromatic rings. The Bertz CT molecular complexity index is 899. The van der Waals surface area contributed by atoms with E-state index in [-0.39, 0.29) is 16.3 Å². The summed E-state index contributed by atoms with van der Waals surface area (Å²) in [5, 5.41) is 12.8. The number of carbonyl (C=O) groups excluding carboxylic acids is 1. The van der Waals surface area contributed by atoms with Crippen LogP contribution < -0.4 is 10.1 Å². The van der Waals surface area contributed by atoms with Crippen LogP contribution in [-0.4, -0.2) is 11.0 Å². The van der Waals surface area contributed by atoms with Crippen LogP contribution >= 0.6 is 27.5 Å². The molecule has 0 saturated carbocycles. The molecule has 3 rings (SSSR count). The Morgan fingerprint density at radius 2 is 1.64 bits per heavy atom. The molecule has 0 bridgehead atoms. The highest BCUT2D eigenvalue weighted by Crippen LogP contribution is 2.32. The van der Waals surface area contributed by atoms with Crippen LogP contribution in [0, 0.1) is 0 Å². The molecule has 25 heavy (non-hydrogen) atoms. The van der Waals surface area contributed by atoms with Gasteiger partial charge in [0.1, 0.15) is 17.2 Å². The lowest BCUT2D eigenvalue weighted by Crippen LogP contribution is -2.12. The first-order valence-corrected chi connectivity index (χ1v) is 8.52. The average molecular weight is 419 g/mol. The van der Waals surface area contributed by atoms with E-state index in [1.165, 1.54) is 12.1 Å². The molecule has 0 heterocycles. The van der Waals surface area contributed by atoms with E-state index in [1.807, 2.05) is 30.3 Å². The van der Waals surface area contributed by atoms with Gasteiger partial charge in [-0.2, -0.15) is 0 Å². The van der Waals surface area contributed by atoms with Crippen LogP contribution in [0.3, 0.4) is 0 Å². The largest absolute Gasteiger partial charge is 0.506 e. The number of anilines is 1. The minimum Gasteiger partial charge on any atom is -0.506 e. The number of aromatic hydroxyl groups is 1. The normalized spacial score (nSPS) is 10.3. The summed E-state index contributed by atoms with van der Waals surface area (Å²) >= 11 is 9.14. The van der Waals surface area contributed by atoms with E-state index in [0.29, 0.717) is 15.9 Å². The Hall–Kier alpha value is -2.50. The summed E-state index contributed by atoms with van der Waals surface area (Å²) < 4.78 is 6.30. The van der Waals surface area contributed by atoms with Crippen molar-refractivity contribution in [3.05, 3.63) is 81.8 Å². The Labute approximate surface area is 158 Å². The van der Waals surface area contributed by atoms with E-state index < -0.39 is 5.91 Å². The smallest absolute Gasteiger partial charge is 0.259 e. The Morgan fingerprint density at radius 1 is 1.00 bits per heavy atom. The molecule has 6 heteroatoms. The predicted molar refractivity (Wildman–Crippen MR) is 102 cm³/mol. The zero-order chi connectivity index (χ0) is 17.8. The maximum atomic E-state index is 12.3. The van der Waals surface area contributed by atoms with Crippen LogP contribution in [0.25, 0.3) is 0 Å². The minimum absolute atomic E-state index is 0.0870. The molecule has 0 aromatic heterocycles. The summed E-state index contributed by atoms with van der Waals surface area (Å²) in [5.74, 6) is 0.661. The first kappa shape index (κ1) is 17.3. The fraction of sp³-hybridized carbons (Fsp3) is 0. The first-order chi connectivity index (χ1) is 12.0. The maximum Gasteiger partial charge on any atom is 0.259 e. The van der Waals surface area contributed by atoms with Gasteiger partial charge in [0.25, 0.3) is 5.91 Å². The van der Waals surface area contributed by atoms with E-state index in [2.05, 4.69) is 21.2 Å². The number of ether oxygens (including phenoxy) is 1. The van der Waals surface area contributed by atoms with Gasteiger partial charge < -0.3 is 15.2 Å². The van der Waals surface area contributed by atoms with E-state index >= 15 is 0 Å². The number of benzene rings is 3. The van der Waals surface area contributed by atoms with Gasteiger partial charge in [-0.25, -0.2) is 0 Å². The van der Waals surface area contributed by atoms with Crippen molar-refractivity contribution >= 4 is 39.1 Å². The van der Waals surface area contributed by atoms with Gasteiger partial charge in [-0.1, -0.05) is 45.7 Å². The number of phenolic OH excluding ortho intramolecular Hbond substituents is 1. The van der Waals surface area contributed by atoms with Crippen LogP contribution in [-0.2, 0) is 0 Å². The number of halogens is 2. The molecule has 126 valence electrons. The number of amides is 1. The quantitative estimate of drug-likeness (QED) is 0.558. The summed E-state index contributed by atoms with van der Waals surface area (Å²) in [6.07, 6.45) is 0. The second kappa shape index (κ2) is 7.59. The van der Waals surface area contributed by atoms with Gasteiger partial charge in [0, 0.05) is 10.2 Å². The second-order valence-electron chi connectivity index (χ2n) is 5.18. The SMILES string of the molecule is O=C(Nc1ccc(Oc2ccccc2)cc1)c1cc(Br)cc(Cl)c1O. The van der Waals surface area contributed by atoms with Crippen molar-refractivity contribution in [3.63, 3.8) is 0 Å². The number of para-hydroxylation sites is 1. The topological polar surface area (TPSA) is 58.6 Å². The lowest BCUT2D eigenvalue weighted by atomic mass is 10.2. The van der Waals surface area contributed by atoms with Gasteiger partial charge in [0.05, 0.1) is 10.6 Å². The van der Waals surface area contributed by atoms with E-state index in [0.717, 1.165) is 5.75 Å². The summed E-state index contributed by atoms with van der Waals surface area (Å²) in [6.45, 7) is 0. The molecule has 0 aliphatic rings. The summed E-state index contributed by atoms with van der Waals surface area (Å²) in [4.78, 5) is 12.3. The van der Waals surface area contributed by atoms with Crippen molar-refractivity contribution in [2.24, 2.45) is 0 Å². The van der Waals surface area contributed by atoms with E-state index in [1.54, 1.807) is 24.3 Å². The standard InChI is InChI=1S/C19H13BrClNO3/c20-12-10-16(18(23)17(21)11-12)19(24)22-13-6-8-15(9-7-13)25-14-4-2-1-3-5-14/h1-11,23H,(H,22,24). The van der Waals surface area contributed by atoms with Gasteiger partial charge >= 0.3 is 0 Å². The van der Waals surface area contributed by atoms with Crippen molar-refractivity contribution in [2.75, 3.05) is 5.32 Å². The van der Waals surface area contributed by atoms with Gasteiger partial charge in [0.15, 0.2) is 0 Å². The summed E-state index contributed by atoms with van der Waals surface area (Å²) in [5.41, 5.74) is 0.657. The highest BCUT2D eigenvalue weighted by atomic mass is 79.9. The lowest BCUT2D eigenvalue weighted by Gasteiger charge is -2.10. The van der Waals surface area contributed by atoms with Gasteiger partial charge in [-0.05, 0) is 48.5 Å². The molecule has 0 aliphatic heterocycles. The van der Waals surface area contributed by atoms with Crippen molar-refractivity contribution in [1.82, 2.24) is 0 Å². The van der Waals surface area contributed by atoms with Crippen molar-refractivity contribution in [2.45, 2.75) is 0 Å². The fourth-order valence-corrected chi connectivity index (χ4v) is 2.98. The zero-order valence-corrected chi connectivity index (χ0v) is 15.2. The number of phenols is 1. The maximum absolute atomic E-state index is 12.3. The number of rotatable bonds is 4. The van der Waals surface area contributed by atoms with Crippen LogP contribution in [0.4, 0.5) is 5.69 Å². The lowest BCUT2D eigenvalue weighted by molar-refractivity contribution is 0.102. The third-order valence-corrected chi connectivity index (χ3v) is 4.11. The molecule has 0 fully saturated rings. The Morgan fingerprint density at radius 3 is 2.32 bits per heavy atom. The molecule has 0 atom stereocenters. The average Bonchev–Trinajstić information content (AvgIpc) is 2.60. The van der Waals surface area contributed by atoms with E-state index in [4.69, 9.17) is 16.3 Å². The van der Waals surface area contributed by atoms with Crippen LogP contribution in [0.5, 0.6) is 17.2 Å². The minimum atomic E-state index is -0.461. The molecule has 0 radical (unpaired) electrons. The van der Waals surface area contributed by atoms with Gasteiger partial charge in [-0.15, -0.1) is 0 Å². The predicted octanol–water partition coefficient (Wildman–Crippen LogP) is 5.85. The fourth-order valence-electron chi connectivity index (χ4n) is 2.17. The third-order valence-electron chi connectivity index (χ3n) is 3.36. The summed E-state index contributed by atoms with van der Waals surface area (Å²) in [6, 6.07) is 19.3. The molecule has 1 amide bonds. The highest BCUT2D eigenvalue weighted by Gasteiger charge is 2.15. The first-order valence-electron chi connectivity index (χ1n) is 7.35. The summed E-state index contributed by atoms with van der Waals surface area (Å²) in [7, 11) is 0. The number of carbonyl (C=O) groups is 1. The molecular weight excluding hydrogens is 406 g/mol.